The summed E-state index contributed by atoms with van der Waals surface area (Å²) in [5.74, 6) is 0.600. The van der Waals surface area contributed by atoms with Gasteiger partial charge in [-0.1, -0.05) is 0 Å². The minimum absolute atomic E-state index is 0.488. The van der Waals surface area contributed by atoms with Gasteiger partial charge >= 0.3 is 0 Å². The SMILES string of the molecule is CC(C)(O)O.O=C1CCC(CC2CNC2)C1. The fourth-order valence-corrected chi connectivity index (χ4v) is 2.08. The summed E-state index contributed by atoms with van der Waals surface area (Å²) in [6.45, 7) is 4.97. The number of carbonyl (C=O) groups is 1. The second kappa shape index (κ2) is 5.75. The number of aliphatic hydroxyl groups is 2. The Hall–Kier alpha value is -0.450. The molecule has 1 unspecified atom stereocenters. The molecule has 1 aliphatic carbocycles. The molecule has 4 heteroatoms. The fraction of sp³-hybridized carbons (Fsp3) is 0.917. The summed E-state index contributed by atoms with van der Waals surface area (Å²) in [5.41, 5.74) is 0. The molecule has 2 fully saturated rings. The summed E-state index contributed by atoms with van der Waals surface area (Å²) in [4.78, 5) is 10.9. The summed E-state index contributed by atoms with van der Waals surface area (Å²) in [5, 5.41) is 19.4. The van der Waals surface area contributed by atoms with Crippen molar-refractivity contribution in [1.29, 1.82) is 0 Å². The molecule has 3 N–H and O–H groups in total. The van der Waals surface area contributed by atoms with Crippen LogP contribution in [0, 0.1) is 11.8 Å². The van der Waals surface area contributed by atoms with E-state index in [9.17, 15) is 4.79 Å². The Morgan fingerprint density at radius 3 is 2.19 bits per heavy atom. The maximum Gasteiger partial charge on any atom is 0.156 e. The number of ketones is 1. The molecule has 0 bridgehead atoms. The normalized spacial score (nSPS) is 26.0. The molecule has 1 atom stereocenters. The molecule has 1 aliphatic heterocycles. The van der Waals surface area contributed by atoms with Crippen molar-refractivity contribution in [3.8, 4) is 0 Å². The molecule has 0 radical (unpaired) electrons. The molecule has 4 nitrogen and oxygen atoms in total. The third kappa shape index (κ3) is 6.20. The van der Waals surface area contributed by atoms with Crippen molar-refractivity contribution in [3.05, 3.63) is 0 Å². The molecule has 0 aromatic carbocycles. The van der Waals surface area contributed by atoms with Crippen molar-refractivity contribution in [2.24, 2.45) is 11.8 Å². The summed E-state index contributed by atoms with van der Waals surface area (Å²) >= 11 is 0. The van der Waals surface area contributed by atoms with E-state index in [2.05, 4.69) is 5.32 Å². The van der Waals surface area contributed by atoms with Crippen molar-refractivity contribution in [1.82, 2.24) is 5.32 Å². The van der Waals surface area contributed by atoms with E-state index < -0.39 is 5.79 Å². The summed E-state index contributed by atoms with van der Waals surface area (Å²) in [6, 6.07) is 0. The van der Waals surface area contributed by atoms with Crippen molar-refractivity contribution >= 4 is 5.78 Å². The Balaban J connectivity index is 0.000000221. The minimum atomic E-state index is -1.50. The Labute approximate surface area is 97.0 Å². The molecule has 16 heavy (non-hydrogen) atoms. The van der Waals surface area contributed by atoms with Gasteiger partial charge in [0.05, 0.1) is 0 Å². The lowest BCUT2D eigenvalue weighted by molar-refractivity contribution is -0.127. The molecule has 94 valence electrons. The van der Waals surface area contributed by atoms with Crippen molar-refractivity contribution in [2.75, 3.05) is 13.1 Å². The Morgan fingerprint density at radius 2 is 1.88 bits per heavy atom. The van der Waals surface area contributed by atoms with Crippen LogP contribution in [0.1, 0.15) is 39.5 Å². The quantitative estimate of drug-likeness (QED) is 0.609. The second-order valence-electron chi connectivity index (χ2n) is 5.40. The Bertz CT molecular complexity index is 225. The molecular formula is C12H23NO3. The van der Waals surface area contributed by atoms with E-state index in [1.807, 2.05) is 0 Å². The second-order valence-corrected chi connectivity index (χ2v) is 5.40. The number of hydrogen-bond acceptors (Lipinski definition) is 4. The van der Waals surface area contributed by atoms with E-state index in [4.69, 9.17) is 10.2 Å². The van der Waals surface area contributed by atoms with Crippen molar-refractivity contribution in [3.63, 3.8) is 0 Å². The summed E-state index contributed by atoms with van der Waals surface area (Å²) in [6.07, 6.45) is 4.18. The topological polar surface area (TPSA) is 69.6 Å². The van der Waals surface area contributed by atoms with Gasteiger partial charge in [0.1, 0.15) is 5.78 Å². The average molecular weight is 229 g/mol. The highest BCUT2D eigenvalue weighted by molar-refractivity contribution is 5.80. The van der Waals surface area contributed by atoms with Crippen molar-refractivity contribution in [2.45, 2.75) is 45.3 Å². The molecular weight excluding hydrogens is 206 g/mol. The molecule has 1 saturated heterocycles. The summed E-state index contributed by atoms with van der Waals surface area (Å²) in [7, 11) is 0. The van der Waals surface area contributed by atoms with Crippen LogP contribution < -0.4 is 5.32 Å². The Kier molecular flexibility index (Phi) is 4.89. The Morgan fingerprint density at radius 1 is 1.31 bits per heavy atom. The van der Waals surface area contributed by atoms with E-state index in [0.717, 1.165) is 31.1 Å². The van der Waals surface area contributed by atoms with E-state index in [-0.39, 0.29) is 0 Å². The first-order chi connectivity index (χ1) is 7.34. The van der Waals surface area contributed by atoms with Crippen LogP contribution in [0.3, 0.4) is 0 Å². The third-order valence-corrected chi connectivity index (χ3v) is 2.88. The average Bonchev–Trinajstić information content (AvgIpc) is 2.41. The minimum Gasteiger partial charge on any atom is -0.366 e. The molecule has 0 aromatic heterocycles. The zero-order valence-corrected chi connectivity index (χ0v) is 10.2. The molecule has 1 heterocycles. The first kappa shape index (κ1) is 13.6. The van der Waals surface area contributed by atoms with Crippen LogP contribution in [0.15, 0.2) is 0 Å². The lowest BCUT2D eigenvalue weighted by Crippen LogP contribution is -2.42. The molecule has 0 aromatic rings. The van der Waals surface area contributed by atoms with Gasteiger partial charge in [0.2, 0.25) is 0 Å². The predicted molar refractivity (Wildman–Crippen MR) is 61.8 cm³/mol. The molecule has 0 amide bonds. The van der Waals surface area contributed by atoms with Crippen LogP contribution in [0.2, 0.25) is 0 Å². The lowest BCUT2D eigenvalue weighted by atomic mass is 9.89. The van der Waals surface area contributed by atoms with Gasteiger partial charge in [-0.2, -0.15) is 0 Å². The maximum atomic E-state index is 10.9. The van der Waals surface area contributed by atoms with E-state index in [0.29, 0.717) is 5.78 Å². The van der Waals surface area contributed by atoms with E-state index in [1.165, 1.54) is 33.4 Å². The molecule has 0 spiro atoms. The number of nitrogens with one attached hydrogen (secondary N) is 1. The molecule has 2 rings (SSSR count). The standard InChI is InChI=1S/C9H15NO.C3H8O2/c11-9-2-1-7(4-9)3-8-5-10-6-8;1-3(2,4)5/h7-8,10H,1-6H2;4-5H,1-2H3. The van der Waals surface area contributed by atoms with Crippen LogP contribution in [0.25, 0.3) is 0 Å². The monoisotopic (exact) mass is 229 g/mol. The molecule has 1 saturated carbocycles. The number of hydrogen-bond donors (Lipinski definition) is 3. The van der Waals surface area contributed by atoms with Gasteiger partial charge in [-0.3, -0.25) is 4.79 Å². The van der Waals surface area contributed by atoms with Gasteiger partial charge < -0.3 is 15.5 Å². The van der Waals surface area contributed by atoms with Crippen LogP contribution in [-0.4, -0.2) is 34.9 Å². The number of Topliss-reactive ketones (excluding diaryl/α,β-unsaturated/α-hetero) is 1. The van der Waals surface area contributed by atoms with Gasteiger partial charge in [0.15, 0.2) is 5.79 Å². The number of carbonyl (C=O) groups excluding carboxylic acids is 1. The van der Waals surface area contributed by atoms with E-state index >= 15 is 0 Å². The van der Waals surface area contributed by atoms with Gasteiger partial charge in [-0.25, -0.2) is 0 Å². The zero-order chi connectivity index (χ0) is 12.2. The number of rotatable bonds is 2. The highest BCUT2D eigenvalue weighted by Gasteiger charge is 2.27. The first-order valence-corrected chi connectivity index (χ1v) is 6.02. The van der Waals surface area contributed by atoms with Gasteiger partial charge in [0, 0.05) is 12.8 Å². The third-order valence-electron chi connectivity index (χ3n) is 2.88. The van der Waals surface area contributed by atoms with Gasteiger partial charge in [-0.05, 0) is 51.6 Å². The van der Waals surface area contributed by atoms with E-state index in [1.54, 1.807) is 0 Å². The first-order valence-electron chi connectivity index (χ1n) is 6.02. The largest absolute Gasteiger partial charge is 0.366 e. The summed E-state index contributed by atoms with van der Waals surface area (Å²) < 4.78 is 0. The maximum absolute atomic E-state index is 10.9. The fourth-order valence-electron chi connectivity index (χ4n) is 2.08. The van der Waals surface area contributed by atoms with Crippen LogP contribution in [-0.2, 0) is 4.79 Å². The highest BCUT2D eigenvalue weighted by atomic mass is 16.5. The van der Waals surface area contributed by atoms with Crippen LogP contribution in [0.5, 0.6) is 0 Å². The van der Waals surface area contributed by atoms with Crippen molar-refractivity contribution < 1.29 is 15.0 Å². The zero-order valence-electron chi connectivity index (χ0n) is 10.2. The van der Waals surface area contributed by atoms with Crippen LogP contribution in [0.4, 0.5) is 0 Å². The predicted octanol–water partition coefficient (Wildman–Crippen LogP) is 0.672. The van der Waals surface area contributed by atoms with Gasteiger partial charge in [0.25, 0.3) is 0 Å². The van der Waals surface area contributed by atoms with Crippen LogP contribution >= 0.6 is 0 Å². The lowest BCUT2D eigenvalue weighted by Gasteiger charge is -2.29. The smallest absolute Gasteiger partial charge is 0.156 e. The highest BCUT2D eigenvalue weighted by Crippen LogP contribution is 2.29. The van der Waals surface area contributed by atoms with Gasteiger partial charge in [-0.15, -0.1) is 0 Å². The molecule has 2 aliphatic rings.